The summed E-state index contributed by atoms with van der Waals surface area (Å²) in [6.07, 6.45) is 0.353. The molecule has 2 fully saturated rings. The van der Waals surface area contributed by atoms with Gasteiger partial charge in [-0.1, -0.05) is 6.07 Å². The minimum absolute atomic E-state index is 0.205. The molecule has 3 heterocycles. The molecule has 1 aromatic rings. The molecule has 0 bridgehead atoms. The molecule has 3 unspecified atom stereocenters. The van der Waals surface area contributed by atoms with Crippen LogP contribution in [0, 0.1) is 11.8 Å². The molecule has 5 nitrogen and oxygen atoms in total. The van der Waals surface area contributed by atoms with Crippen molar-refractivity contribution in [2.45, 2.75) is 18.6 Å². The largest absolute Gasteiger partial charge is 0.401 e. The molecule has 2 aliphatic rings. The quantitative estimate of drug-likeness (QED) is 0.727. The van der Waals surface area contributed by atoms with E-state index in [0.717, 1.165) is 31.6 Å². The van der Waals surface area contributed by atoms with Gasteiger partial charge in [0.05, 0.1) is 12.6 Å². The lowest BCUT2D eigenvalue weighted by Crippen LogP contribution is -2.35. The normalized spacial score (nSPS) is 28.5. The molecule has 3 rings (SSSR count). The summed E-state index contributed by atoms with van der Waals surface area (Å²) < 4.78 is 37.3. The van der Waals surface area contributed by atoms with Crippen LogP contribution in [-0.2, 0) is 0 Å². The van der Waals surface area contributed by atoms with E-state index >= 15 is 0 Å². The molecule has 0 aliphatic carbocycles. The molecule has 0 amide bonds. The van der Waals surface area contributed by atoms with Gasteiger partial charge in [0.15, 0.2) is 0 Å². The fraction of sp³-hybridized carbons (Fsp3) is 0.688. The number of pyridine rings is 1. The number of aromatic nitrogens is 1. The SMILES string of the molecule is FC(F)(F)CN1CCC(CNCC2CNNC2c2cccnc2)C1. The summed E-state index contributed by atoms with van der Waals surface area (Å²) in [5.41, 5.74) is 7.60. The summed E-state index contributed by atoms with van der Waals surface area (Å²) in [7, 11) is 0. The first-order valence-electron chi connectivity index (χ1n) is 8.39. The maximum Gasteiger partial charge on any atom is 0.401 e. The van der Waals surface area contributed by atoms with E-state index in [-0.39, 0.29) is 6.04 Å². The smallest absolute Gasteiger partial charge is 0.316 e. The molecular weight excluding hydrogens is 319 g/mol. The van der Waals surface area contributed by atoms with Gasteiger partial charge in [0, 0.05) is 37.9 Å². The standard InChI is InChI=1S/C16H24F3N5/c17-16(18,19)11-24-5-3-12(10-24)6-21-8-14-9-22-23-15(14)13-2-1-4-20-7-13/h1-2,4,7,12,14-15,21-23H,3,5-6,8-11H2. The van der Waals surface area contributed by atoms with Gasteiger partial charge >= 0.3 is 6.18 Å². The first kappa shape index (κ1) is 17.6. The Balaban J connectivity index is 1.40. The van der Waals surface area contributed by atoms with E-state index in [1.807, 2.05) is 12.3 Å². The molecule has 24 heavy (non-hydrogen) atoms. The third-order valence-corrected chi connectivity index (χ3v) is 4.75. The minimum atomic E-state index is -4.10. The Labute approximate surface area is 140 Å². The highest BCUT2D eigenvalue weighted by Crippen LogP contribution is 2.24. The Morgan fingerprint density at radius 3 is 2.96 bits per heavy atom. The monoisotopic (exact) mass is 343 g/mol. The second kappa shape index (κ2) is 7.77. The third-order valence-electron chi connectivity index (χ3n) is 4.75. The zero-order valence-electron chi connectivity index (χ0n) is 13.5. The average Bonchev–Trinajstić information content (AvgIpc) is 3.16. The topological polar surface area (TPSA) is 52.2 Å². The second-order valence-electron chi connectivity index (χ2n) is 6.71. The molecule has 2 saturated heterocycles. The minimum Gasteiger partial charge on any atom is -0.316 e. The summed E-state index contributed by atoms with van der Waals surface area (Å²) in [6, 6.07) is 4.18. The van der Waals surface area contributed by atoms with Crippen molar-refractivity contribution in [1.29, 1.82) is 0 Å². The fourth-order valence-electron chi connectivity index (χ4n) is 3.59. The maximum atomic E-state index is 12.4. The van der Waals surface area contributed by atoms with Gasteiger partial charge in [0.2, 0.25) is 0 Å². The number of nitrogens with zero attached hydrogens (tertiary/aromatic N) is 2. The predicted octanol–water partition coefficient (Wildman–Crippen LogP) is 1.32. The first-order valence-corrected chi connectivity index (χ1v) is 8.39. The maximum absolute atomic E-state index is 12.4. The highest BCUT2D eigenvalue weighted by molar-refractivity contribution is 5.16. The molecule has 2 aliphatic heterocycles. The number of likely N-dealkylation sites (tertiary alicyclic amines) is 1. The molecule has 134 valence electrons. The zero-order valence-corrected chi connectivity index (χ0v) is 13.5. The molecule has 3 atom stereocenters. The molecule has 8 heteroatoms. The van der Waals surface area contributed by atoms with Crippen LogP contribution in [0.4, 0.5) is 13.2 Å². The van der Waals surface area contributed by atoms with Crippen molar-refractivity contribution in [3.05, 3.63) is 30.1 Å². The molecule has 3 N–H and O–H groups in total. The van der Waals surface area contributed by atoms with E-state index in [0.29, 0.717) is 24.9 Å². The zero-order chi connectivity index (χ0) is 17.0. The van der Waals surface area contributed by atoms with Crippen LogP contribution in [0.5, 0.6) is 0 Å². The third kappa shape index (κ3) is 4.89. The summed E-state index contributed by atoms with van der Waals surface area (Å²) in [6.45, 7) is 2.73. The molecular formula is C16H24F3N5. The van der Waals surface area contributed by atoms with Crippen molar-refractivity contribution in [3.8, 4) is 0 Å². The van der Waals surface area contributed by atoms with Crippen molar-refractivity contribution in [1.82, 2.24) is 26.1 Å². The van der Waals surface area contributed by atoms with E-state index in [9.17, 15) is 13.2 Å². The predicted molar refractivity (Wildman–Crippen MR) is 85.1 cm³/mol. The van der Waals surface area contributed by atoms with Crippen molar-refractivity contribution < 1.29 is 13.2 Å². The van der Waals surface area contributed by atoms with Crippen LogP contribution in [0.3, 0.4) is 0 Å². The fourth-order valence-corrected chi connectivity index (χ4v) is 3.59. The van der Waals surface area contributed by atoms with E-state index < -0.39 is 12.7 Å². The number of hydrogen-bond donors (Lipinski definition) is 3. The molecule has 1 aromatic heterocycles. The lowest BCUT2D eigenvalue weighted by atomic mass is 9.96. The van der Waals surface area contributed by atoms with Crippen LogP contribution in [0.15, 0.2) is 24.5 Å². The van der Waals surface area contributed by atoms with Crippen LogP contribution in [0.25, 0.3) is 0 Å². The van der Waals surface area contributed by atoms with Crippen LogP contribution in [0.1, 0.15) is 18.0 Å². The summed E-state index contributed by atoms with van der Waals surface area (Å²) in [4.78, 5) is 5.66. The number of hydrazine groups is 1. The van der Waals surface area contributed by atoms with Crippen molar-refractivity contribution in [3.63, 3.8) is 0 Å². The van der Waals surface area contributed by atoms with Gasteiger partial charge in [-0.15, -0.1) is 0 Å². The van der Waals surface area contributed by atoms with E-state index in [4.69, 9.17) is 0 Å². The van der Waals surface area contributed by atoms with Crippen molar-refractivity contribution in [2.75, 3.05) is 39.3 Å². The van der Waals surface area contributed by atoms with E-state index in [2.05, 4.69) is 27.2 Å². The Bertz CT molecular complexity index is 510. The number of halogens is 3. The van der Waals surface area contributed by atoms with Crippen LogP contribution in [0.2, 0.25) is 0 Å². The Hall–Kier alpha value is -1.22. The van der Waals surface area contributed by atoms with Crippen molar-refractivity contribution in [2.24, 2.45) is 11.8 Å². The molecule has 0 aromatic carbocycles. The van der Waals surface area contributed by atoms with Gasteiger partial charge in [0.25, 0.3) is 0 Å². The Morgan fingerprint density at radius 1 is 1.33 bits per heavy atom. The lowest BCUT2D eigenvalue weighted by molar-refractivity contribution is -0.143. The molecule has 0 radical (unpaired) electrons. The Kier molecular flexibility index (Phi) is 5.70. The van der Waals surface area contributed by atoms with Gasteiger partial charge in [-0.2, -0.15) is 13.2 Å². The Morgan fingerprint density at radius 2 is 2.21 bits per heavy atom. The molecule has 0 spiro atoms. The average molecular weight is 343 g/mol. The van der Waals surface area contributed by atoms with Crippen molar-refractivity contribution >= 4 is 0 Å². The van der Waals surface area contributed by atoms with E-state index in [1.54, 1.807) is 6.20 Å². The van der Waals surface area contributed by atoms with Gasteiger partial charge in [-0.3, -0.25) is 15.3 Å². The van der Waals surface area contributed by atoms with Crippen LogP contribution in [-0.4, -0.2) is 55.3 Å². The summed E-state index contributed by atoms with van der Waals surface area (Å²) in [5, 5.41) is 3.44. The highest BCUT2D eigenvalue weighted by Gasteiger charge is 2.34. The summed E-state index contributed by atoms with van der Waals surface area (Å²) in [5.74, 6) is 0.688. The second-order valence-corrected chi connectivity index (χ2v) is 6.71. The number of rotatable bonds is 6. The number of alkyl halides is 3. The van der Waals surface area contributed by atoms with Gasteiger partial charge < -0.3 is 5.32 Å². The van der Waals surface area contributed by atoms with Gasteiger partial charge in [0.1, 0.15) is 0 Å². The highest BCUT2D eigenvalue weighted by atomic mass is 19.4. The first-order chi connectivity index (χ1) is 11.5. The summed E-state index contributed by atoms with van der Waals surface area (Å²) >= 11 is 0. The van der Waals surface area contributed by atoms with Crippen LogP contribution < -0.4 is 16.2 Å². The lowest BCUT2D eigenvalue weighted by Gasteiger charge is -2.21. The van der Waals surface area contributed by atoms with Crippen LogP contribution >= 0.6 is 0 Å². The molecule has 0 saturated carbocycles. The number of nitrogens with one attached hydrogen (secondary N) is 3. The van der Waals surface area contributed by atoms with E-state index in [1.165, 1.54) is 4.90 Å². The van der Waals surface area contributed by atoms with Gasteiger partial charge in [-0.25, -0.2) is 5.43 Å². The number of hydrogen-bond acceptors (Lipinski definition) is 5. The van der Waals surface area contributed by atoms with Gasteiger partial charge in [-0.05, 0) is 37.1 Å².